The van der Waals surface area contributed by atoms with Gasteiger partial charge in [0.05, 0.1) is 18.9 Å². The Balaban J connectivity index is 0.000000784. The number of hydroxylamine groups is 1. The first-order valence-corrected chi connectivity index (χ1v) is 11.7. The van der Waals surface area contributed by atoms with E-state index >= 15 is 0 Å². The van der Waals surface area contributed by atoms with E-state index in [0.717, 1.165) is 0 Å². The number of hydrogen-bond acceptors (Lipinski definition) is 7. The molecule has 11 nitrogen and oxygen atoms in total. The van der Waals surface area contributed by atoms with Crippen LogP contribution >= 0.6 is 0 Å². The van der Waals surface area contributed by atoms with E-state index in [9.17, 15) is 18.0 Å². The quantitative estimate of drug-likeness (QED) is 0.0977. The predicted molar refractivity (Wildman–Crippen MR) is 131 cm³/mol. The van der Waals surface area contributed by atoms with E-state index < -0.39 is 21.9 Å². The van der Waals surface area contributed by atoms with Crippen LogP contribution in [0.4, 0.5) is 5.69 Å². The number of benzene rings is 3. The van der Waals surface area contributed by atoms with Crippen molar-refractivity contribution in [2.24, 2.45) is 5.73 Å². The largest absolute Gasteiger partial charge is 0.497 e. The fourth-order valence-corrected chi connectivity index (χ4v) is 2.98. The second-order valence-corrected chi connectivity index (χ2v) is 8.54. The van der Waals surface area contributed by atoms with Crippen LogP contribution in [-0.4, -0.2) is 49.2 Å². The number of amidine groups is 1. The number of carbonyl (C=O) groups is 2. The van der Waals surface area contributed by atoms with E-state index in [2.05, 4.69) is 5.32 Å². The van der Waals surface area contributed by atoms with Crippen molar-refractivity contribution in [3.8, 4) is 16.9 Å². The summed E-state index contributed by atoms with van der Waals surface area (Å²) in [5.41, 5.74) is 9.60. The number of anilines is 1. The highest BCUT2D eigenvalue weighted by Crippen LogP contribution is 2.31. The third-order valence-corrected chi connectivity index (χ3v) is 4.49. The van der Waals surface area contributed by atoms with Gasteiger partial charge in [0.25, 0.3) is 21.9 Å². The lowest BCUT2D eigenvalue weighted by Crippen LogP contribution is -2.20. The Hall–Kier alpha value is -4.26. The maximum atomic E-state index is 13.1. The summed E-state index contributed by atoms with van der Waals surface area (Å²) in [5, 5.41) is 19.3. The molecule has 0 saturated carbocycles. The molecule has 0 saturated heterocycles. The van der Waals surface area contributed by atoms with Gasteiger partial charge >= 0.3 is 0 Å². The minimum Gasteiger partial charge on any atom is -0.497 e. The Kier molecular flexibility index (Phi) is 9.05. The molecule has 35 heavy (non-hydrogen) atoms. The molecule has 0 radical (unpaired) electrons. The molecular weight excluding hydrogens is 476 g/mol. The van der Waals surface area contributed by atoms with E-state index in [-0.39, 0.29) is 17.0 Å². The molecule has 7 N–H and O–H groups in total. The fourth-order valence-electron chi connectivity index (χ4n) is 2.98. The van der Waals surface area contributed by atoms with Gasteiger partial charge in [0.15, 0.2) is 0 Å². The number of carbonyl (C=O) groups excluding carboxylic acids is 2. The number of hydrogen-bond donors (Lipinski definition) is 6. The summed E-state index contributed by atoms with van der Waals surface area (Å²) in [7, 11) is -2.18. The van der Waals surface area contributed by atoms with Crippen LogP contribution in [-0.2, 0) is 10.1 Å². The molecule has 3 rings (SSSR count). The highest BCUT2D eigenvalue weighted by atomic mass is 32.2. The van der Waals surface area contributed by atoms with Crippen molar-refractivity contribution < 1.29 is 32.5 Å². The second kappa shape index (κ2) is 11.7. The topological polar surface area (TPSA) is 192 Å². The van der Waals surface area contributed by atoms with E-state index in [1.807, 2.05) is 0 Å². The van der Waals surface area contributed by atoms with Gasteiger partial charge < -0.3 is 15.8 Å². The normalized spacial score (nSPS) is 10.4. The average molecular weight is 501 g/mol. The number of nitrogens with two attached hydrogens (primary N) is 1. The number of rotatable bonds is 6. The summed E-state index contributed by atoms with van der Waals surface area (Å²) in [6.07, 6.45) is 0.715. The zero-order chi connectivity index (χ0) is 26.2. The number of nitrogen functional groups attached to an aromatic ring is 1. The second-order valence-electron chi connectivity index (χ2n) is 7.08. The van der Waals surface area contributed by atoms with E-state index in [0.29, 0.717) is 34.4 Å². The van der Waals surface area contributed by atoms with E-state index in [1.165, 1.54) is 7.11 Å². The first kappa shape index (κ1) is 27.0. The summed E-state index contributed by atoms with van der Waals surface area (Å²) in [5.74, 6) is -0.701. The number of ether oxygens (including phenoxy) is 1. The lowest BCUT2D eigenvalue weighted by atomic mass is 9.94. The molecule has 0 aromatic heterocycles. The van der Waals surface area contributed by atoms with Crippen LogP contribution < -0.4 is 21.3 Å². The molecule has 0 fully saturated rings. The van der Waals surface area contributed by atoms with Gasteiger partial charge in [-0.2, -0.15) is 8.42 Å². The smallest absolute Gasteiger partial charge is 0.275 e. The molecule has 3 aromatic carbocycles. The van der Waals surface area contributed by atoms with Crippen LogP contribution in [0.15, 0.2) is 66.7 Å². The van der Waals surface area contributed by atoms with Gasteiger partial charge in [0, 0.05) is 16.8 Å². The van der Waals surface area contributed by atoms with Gasteiger partial charge in [-0.15, -0.1) is 0 Å². The average Bonchev–Trinajstić information content (AvgIpc) is 2.82. The fraction of sp³-hybridized carbons (Fsp3) is 0.0870. The summed E-state index contributed by atoms with van der Waals surface area (Å²) >= 11 is 0. The highest BCUT2D eigenvalue weighted by molar-refractivity contribution is 7.85. The number of methoxy groups -OCH3 is 1. The molecule has 0 spiro atoms. The van der Waals surface area contributed by atoms with E-state index in [1.54, 1.807) is 72.2 Å². The molecule has 0 aliphatic carbocycles. The number of nitrogens with one attached hydrogen (secondary N) is 3. The summed E-state index contributed by atoms with van der Waals surface area (Å²) in [4.78, 5) is 25.1. The van der Waals surface area contributed by atoms with Gasteiger partial charge in [-0.1, -0.05) is 18.2 Å². The molecule has 0 aliphatic rings. The lowest BCUT2D eigenvalue weighted by molar-refractivity contribution is 0.0707. The van der Waals surface area contributed by atoms with Crippen molar-refractivity contribution >= 4 is 33.5 Å². The lowest BCUT2D eigenvalue weighted by Gasteiger charge is -2.15. The van der Waals surface area contributed by atoms with Crippen molar-refractivity contribution in [3.63, 3.8) is 0 Å². The standard InChI is InChI=1S/C22H20N4O4.CH4O3S/c1-30-15-10-11-17(16-4-2-3-5-18(16)22(28)26-29)19(12-15)21(27)25-14-8-6-13(7-9-14)20(23)24;1-5(2,3)4/h2-12,29H,1H3,(H3,23,24)(H,25,27)(H,26,28);1H3,(H,2,3,4). The van der Waals surface area contributed by atoms with Gasteiger partial charge in [-0.25, -0.2) is 5.48 Å². The minimum absolute atomic E-state index is 0.0678. The highest BCUT2D eigenvalue weighted by Gasteiger charge is 2.19. The molecule has 0 aliphatic heterocycles. The third-order valence-electron chi connectivity index (χ3n) is 4.49. The van der Waals surface area contributed by atoms with Crippen molar-refractivity contribution in [2.45, 2.75) is 0 Å². The first-order chi connectivity index (χ1) is 16.4. The van der Waals surface area contributed by atoms with Crippen molar-refractivity contribution in [1.82, 2.24) is 5.48 Å². The maximum Gasteiger partial charge on any atom is 0.275 e. The van der Waals surface area contributed by atoms with Crippen LogP contribution in [0.1, 0.15) is 26.3 Å². The van der Waals surface area contributed by atoms with Gasteiger partial charge in [-0.05, 0) is 59.7 Å². The van der Waals surface area contributed by atoms with Crippen molar-refractivity contribution in [3.05, 3.63) is 83.4 Å². The van der Waals surface area contributed by atoms with Gasteiger partial charge in [0.1, 0.15) is 11.6 Å². The number of amides is 2. The zero-order valence-electron chi connectivity index (χ0n) is 18.8. The molecule has 184 valence electrons. The molecule has 12 heteroatoms. The molecule has 0 heterocycles. The molecule has 0 unspecified atom stereocenters. The van der Waals surface area contributed by atoms with Crippen LogP contribution in [0.3, 0.4) is 0 Å². The van der Waals surface area contributed by atoms with Gasteiger partial charge in [0.2, 0.25) is 0 Å². The SMILES string of the molecule is COc1ccc(-c2ccccc2C(=O)NO)c(C(=O)Nc2ccc(C(=N)N)cc2)c1.CS(=O)(=O)O. The Morgan fingerprint density at radius 3 is 2.06 bits per heavy atom. The van der Waals surface area contributed by atoms with Gasteiger partial charge in [-0.3, -0.25) is 24.8 Å². The van der Waals surface area contributed by atoms with E-state index in [4.69, 9.17) is 25.6 Å². The van der Waals surface area contributed by atoms with Crippen LogP contribution in [0, 0.1) is 5.41 Å². The predicted octanol–water partition coefficient (Wildman–Crippen LogP) is 2.52. The molecule has 0 atom stereocenters. The minimum atomic E-state index is -3.67. The first-order valence-electron chi connectivity index (χ1n) is 9.84. The summed E-state index contributed by atoms with van der Waals surface area (Å²) in [6.45, 7) is 0. The Bertz CT molecular complexity index is 1330. The Morgan fingerprint density at radius 1 is 0.943 bits per heavy atom. The Labute approximate surface area is 201 Å². The Morgan fingerprint density at radius 2 is 1.51 bits per heavy atom. The third kappa shape index (κ3) is 7.92. The van der Waals surface area contributed by atoms with Crippen molar-refractivity contribution in [1.29, 1.82) is 5.41 Å². The molecule has 3 aromatic rings. The monoisotopic (exact) mass is 500 g/mol. The van der Waals surface area contributed by atoms with Crippen LogP contribution in [0.2, 0.25) is 0 Å². The van der Waals surface area contributed by atoms with Crippen LogP contribution in [0.5, 0.6) is 5.75 Å². The molecular formula is C23H24N4O7S. The maximum absolute atomic E-state index is 13.1. The van der Waals surface area contributed by atoms with Crippen molar-refractivity contribution in [2.75, 3.05) is 18.7 Å². The molecule has 0 bridgehead atoms. The summed E-state index contributed by atoms with van der Waals surface area (Å²) in [6, 6.07) is 18.1. The van der Waals surface area contributed by atoms with Crippen LogP contribution in [0.25, 0.3) is 11.1 Å². The molecule has 2 amide bonds. The summed E-state index contributed by atoms with van der Waals surface area (Å²) < 4.78 is 31.1. The zero-order valence-corrected chi connectivity index (χ0v) is 19.6.